The number of aliphatic hydroxyl groups is 3. The predicted molar refractivity (Wildman–Crippen MR) is 113 cm³/mol. The van der Waals surface area contributed by atoms with Crippen LogP contribution in [0.1, 0.15) is 90.4 Å². The van der Waals surface area contributed by atoms with Gasteiger partial charge in [0.2, 0.25) is 0 Å². The standard InChI is InChI=1S/C23H44O5/c1-2-3-4-5-6-7-8-9-10-11-12-13-14-15-16-17-27-18-21(25)23-22(26)20(24)19-28-23/h14-15,20-26H,2-13,16-19H2,1H3/b15-14+/t20-,21+,22+,23+/m1/s1. The Balaban J connectivity index is 1.81. The van der Waals surface area contributed by atoms with E-state index in [4.69, 9.17) is 9.47 Å². The van der Waals surface area contributed by atoms with Gasteiger partial charge in [-0.05, 0) is 19.3 Å². The molecular weight excluding hydrogens is 356 g/mol. The van der Waals surface area contributed by atoms with Crippen molar-refractivity contribution in [1.29, 1.82) is 0 Å². The smallest absolute Gasteiger partial charge is 0.114 e. The van der Waals surface area contributed by atoms with Crippen molar-refractivity contribution in [2.24, 2.45) is 0 Å². The average molecular weight is 401 g/mol. The Morgan fingerprint density at radius 1 is 0.893 bits per heavy atom. The first kappa shape index (κ1) is 25.6. The molecule has 0 unspecified atom stereocenters. The Kier molecular flexibility index (Phi) is 15.9. The summed E-state index contributed by atoms with van der Waals surface area (Å²) in [5.74, 6) is 0. The number of aliphatic hydroxyl groups excluding tert-OH is 3. The van der Waals surface area contributed by atoms with Crippen LogP contribution >= 0.6 is 0 Å². The van der Waals surface area contributed by atoms with E-state index in [0.717, 1.165) is 12.8 Å². The summed E-state index contributed by atoms with van der Waals surface area (Å²) in [5, 5.41) is 29.0. The molecule has 5 nitrogen and oxygen atoms in total. The molecule has 0 radical (unpaired) electrons. The van der Waals surface area contributed by atoms with E-state index in [1.807, 2.05) is 0 Å². The molecule has 1 saturated heterocycles. The normalized spacial score (nSPS) is 23.6. The molecule has 1 aliphatic heterocycles. The molecule has 166 valence electrons. The third-order valence-electron chi connectivity index (χ3n) is 5.43. The largest absolute Gasteiger partial charge is 0.388 e. The van der Waals surface area contributed by atoms with E-state index in [2.05, 4.69) is 19.1 Å². The van der Waals surface area contributed by atoms with Gasteiger partial charge in [0.15, 0.2) is 0 Å². The first-order valence-corrected chi connectivity index (χ1v) is 11.5. The van der Waals surface area contributed by atoms with Crippen molar-refractivity contribution in [2.45, 2.75) is 115 Å². The number of unbranched alkanes of at least 4 members (excludes halogenated alkanes) is 11. The van der Waals surface area contributed by atoms with Gasteiger partial charge in [-0.25, -0.2) is 0 Å². The van der Waals surface area contributed by atoms with Crippen LogP contribution in [0.2, 0.25) is 0 Å². The second kappa shape index (κ2) is 17.4. The Morgan fingerprint density at radius 3 is 2.04 bits per heavy atom. The van der Waals surface area contributed by atoms with E-state index in [1.165, 1.54) is 70.6 Å². The predicted octanol–water partition coefficient (Wildman–Crippen LogP) is 4.13. The van der Waals surface area contributed by atoms with Crippen LogP contribution in [0.3, 0.4) is 0 Å². The van der Waals surface area contributed by atoms with Gasteiger partial charge in [0.05, 0.1) is 19.8 Å². The fourth-order valence-electron chi connectivity index (χ4n) is 3.58. The lowest BCUT2D eigenvalue weighted by molar-refractivity contribution is -0.0806. The van der Waals surface area contributed by atoms with Gasteiger partial charge in [-0.3, -0.25) is 0 Å². The second-order valence-corrected chi connectivity index (χ2v) is 8.08. The molecule has 0 spiro atoms. The molecule has 1 heterocycles. The average Bonchev–Trinajstić information content (AvgIpc) is 3.03. The summed E-state index contributed by atoms with van der Waals surface area (Å²) < 4.78 is 10.6. The monoisotopic (exact) mass is 400 g/mol. The summed E-state index contributed by atoms with van der Waals surface area (Å²) in [4.78, 5) is 0. The Morgan fingerprint density at radius 2 is 1.46 bits per heavy atom. The number of hydrogen-bond acceptors (Lipinski definition) is 5. The topological polar surface area (TPSA) is 79.2 Å². The molecule has 4 atom stereocenters. The Bertz CT molecular complexity index is 374. The highest BCUT2D eigenvalue weighted by Crippen LogP contribution is 2.18. The molecule has 5 heteroatoms. The van der Waals surface area contributed by atoms with Crippen LogP contribution in [-0.4, -0.2) is 59.6 Å². The minimum absolute atomic E-state index is 0.0602. The van der Waals surface area contributed by atoms with Gasteiger partial charge in [0, 0.05) is 0 Å². The van der Waals surface area contributed by atoms with Gasteiger partial charge >= 0.3 is 0 Å². The highest BCUT2D eigenvalue weighted by Gasteiger charge is 2.39. The number of ether oxygens (including phenoxy) is 2. The zero-order chi connectivity index (χ0) is 20.5. The zero-order valence-corrected chi connectivity index (χ0v) is 17.9. The molecule has 0 amide bonds. The van der Waals surface area contributed by atoms with Crippen LogP contribution in [0.5, 0.6) is 0 Å². The molecule has 0 saturated carbocycles. The molecule has 0 aromatic rings. The van der Waals surface area contributed by atoms with Crippen molar-refractivity contribution < 1.29 is 24.8 Å². The fourth-order valence-corrected chi connectivity index (χ4v) is 3.58. The zero-order valence-electron chi connectivity index (χ0n) is 17.9. The molecule has 0 aliphatic carbocycles. The van der Waals surface area contributed by atoms with Gasteiger partial charge in [0.25, 0.3) is 0 Å². The lowest BCUT2D eigenvalue weighted by atomic mass is 10.1. The van der Waals surface area contributed by atoms with Crippen LogP contribution in [0.15, 0.2) is 12.2 Å². The van der Waals surface area contributed by atoms with Crippen molar-refractivity contribution in [3.63, 3.8) is 0 Å². The summed E-state index contributed by atoms with van der Waals surface area (Å²) in [6, 6.07) is 0. The number of rotatable bonds is 18. The maximum atomic E-state index is 9.92. The van der Waals surface area contributed by atoms with E-state index < -0.39 is 24.4 Å². The van der Waals surface area contributed by atoms with E-state index >= 15 is 0 Å². The highest BCUT2D eigenvalue weighted by atomic mass is 16.5. The number of hydrogen-bond donors (Lipinski definition) is 3. The minimum atomic E-state index is -1.04. The molecule has 0 aromatic carbocycles. The second-order valence-electron chi connectivity index (χ2n) is 8.08. The lowest BCUT2D eigenvalue weighted by Crippen LogP contribution is -2.40. The Labute approximate surface area is 172 Å². The maximum absolute atomic E-state index is 9.92. The van der Waals surface area contributed by atoms with Gasteiger partial charge in [-0.15, -0.1) is 0 Å². The van der Waals surface area contributed by atoms with Crippen LogP contribution < -0.4 is 0 Å². The molecule has 0 aromatic heterocycles. The molecule has 1 aliphatic rings. The van der Waals surface area contributed by atoms with Crippen LogP contribution in [-0.2, 0) is 9.47 Å². The van der Waals surface area contributed by atoms with Crippen LogP contribution in [0.4, 0.5) is 0 Å². The quantitative estimate of drug-likeness (QED) is 0.238. The molecule has 28 heavy (non-hydrogen) atoms. The van der Waals surface area contributed by atoms with E-state index in [-0.39, 0.29) is 13.2 Å². The summed E-state index contributed by atoms with van der Waals surface area (Å²) in [6.45, 7) is 2.98. The molecule has 0 bridgehead atoms. The fraction of sp³-hybridized carbons (Fsp3) is 0.913. The van der Waals surface area contributed by atoms with Crippen molar-refractivity contribution in [3.8, 4) is 0 Å². The Hall–Kier alpha value is -0.460. The van der Waals surface area contributed by atoms with Gasteiger partial charge in [-0.2, -0.15) is 0 Å². The third-order valence-corrected chi connectivity index (χ3v) is 5.43. The minimum Gasteiger partial charge on any atom is -0.388 e. The van der Waals surface area contributed by atoms with Gasteiger partial charge < -0.3 is 24.8 Å². The van der Waals surface area contributed by atoms with Gasteiger partial charge in [-0.1, -0.05) is 83.3 Å². The SMILES string of the molecule is CCCCCCCCCCCCC/C=C/CCOC[C@H](O)[C@@H]1OC[C@@H](O)[C@@H]1O. The number of allylic oxidation sites excluding steroid dienone is 1. The molecule has 1 fully saturated rings. The summed E-state index contributed by atoms with van der Waals surface area (Å²) in [7, 11) is 0. The van der Waals surface area contributed by atoms with E-state index in [9.17, 15) is 15.3 Å². The summed E-state index contributed by atoms with van der Waals surface area (Å²) in [5.41, 5.74) is 0. The van der Waals surface area contributed by atoms with Crippen molar-refractivity contribution in [2.75, 3.05) is 19.8 Å². The summed E-state index contributed by atoms with van der Waals surface area (Å²) in [6.07, 6.45) is 17.8. The van der Waals surface area contributed by atoms with Gasteiger partial charge in [0.1, 0.15) is 24.4 Å². The third kappa shape index (κ3) is 12.2. The molecule has 3 N–H and O–H groups in total. The van der Waals surface area contributed by atoms with Crippen molar-refractivity contribution in [3.05, 3.63) is 12.2 Å². The molecule has 1 rings (SSSR count). The first-order chi connectivity index (χ1) is 13.7. The van der Waals surface area contributed by atoms with Crippen LogP contribution in [0, 0.1) is 0 Å². The summed E-state index contributed by atoms with van der Waals surface area (Å²) >= 11 is 0. The van der Waals surface area contributed by atoms with Crippen molar-refractivity contribution >= 4 is 0 Å². The van der Waals surface area contributed by atoms with Crippen molar-refractivity contribution in [1.82, 2.24) is 0 Å². The molecular formula is C23H44O5. The van der Waals surface area contributed by atoms with E-state index in [1.54, 1.807) is 0 Å². The van der Waals surface area contributed by atoms with E-state index in [0.29, 0.717) is 6.61 Å². The highest BCUT2D eigenvalue weighted by molar-refractivity contribution is 4.88. The maximum Gasteiger partial charge on any atom is 0.114 e. The lowest BCUT2D eigenvalue weighted by Gasteiger charge is -2.20. The van der Waals surface area contributed by atoms with Crippen LogP contribution in [0.25, 0.3) is 0 Å². The first-order valence-electron chi connectivity index (χ1n) is 11.5.